The topological polar surface area (TPSA) is 177 Å². The van der Waals surface area contributed by atoms with E-state index in [0.717, 1.165) is 0 Å². The third-order valence-electron chi connectivity index (χ3n) is 3.14. The molecule has 2 atom stereocenters. The number of carbonyl (C=O) groups excluding carboxylic acids is 3. The van der Waals surface area contributed by atoms with Gasteiger partial charge in [0.25, 0.3) is 0 Å². The van der Waals surface area contributed by atoms with Crippen molar-refractivity contribution in [3.8, 4) is 0 Å². The van der Waals surface area contributed by atoms with Gasteiger partial charge in [0.05, 0.1) is 0 Å². The van der Waals surface area contributed by atoms with E-state index in [0.29, 0.717) is 25.8 Å². The summed E-state index contributed by atoms with van der Waals surface area (Å²) >= 11 is 0. The first-order chi connectivity index (χ1) is 11.3. The molecule has 0 aliphatic heterocycles. The van der Waals surface area contributed by atoms with Gasteiger partial charge in [0.1, 0.15) is 18.6 Å². The van der Waals surface area contributed by atoms with E-state index >= 15 is 0 Å². The van der Waals surface area contributed by atoms with Crippen molar-refractivity contribution in [1.29, 1.82) is 0 Å². The summed E-state index contributed by atoms with van der Waals surface area (Å²) in [4.78, 5) is 46.1. The molecule has 0 aromatic carbocycles. The summed E-state index contributed by atoms with van der Waals surface area (Å²) in [5, 5.41) is 15.8. The highest BCUT2D eigenvalue weighted by Crippen LogP contribution is 2.02. The quantitative estimate of drug-likeness (QED) is 0.214. The standard InChI is InChI=1S/C14H27N5O5/c1-9(18-11(20)5-7-16)13(23)19-10(4-2-3-6-15)14(24)17-8-12(21)22/h9-10H,2-8,15-16H2,1H3,(H,17,24)(H,18,20)(H,19,23)(H,21,22). The first kappa shape index (κ1) is 21.8. The van der Waals surface area contributed by atoms with E-state index in [9.17, 15) is 19.2 Å². The summed E-state index contributed by atoms with van der Waals surface area (Å²) in [5.74, 6) is -2.68. The monoisotopic (exact) mass is 345 g/mol. The van der Waals surface area contributed by atoms with E-state index in [1.165, 1.54) is 6.92 Å². The number of rotatable bonds is 12. The molecule has 0 bridgehead atoms. The number of amides is 3. The lowest BCUT2D eigenvalue weighted by molar-refractivity contribution is -0.138. The molecule has 0 heterocycles. The molecule has 2 unspecified atom stereocenters. The minimum absolute atomic E-state index is 0.0939. The molecule has 0 rings (SSSR count). The lowest BCUT2D eigenvalue weighted by Gasteiger charge is -2.21. The predicted molar refractivity (Wildman–Crippen MR) is 86.8 cm³/mol. The Balaban J connectivity index is 4.64. The van der Waals surface area contributed by atoms with Crippen LogP contribution in [0.5, 0.6) is 0 Å². The average Bonchev–Trinajstić information content (AvgIpc) is 2.51. The molecule has 138 valence electrons. The number of carbonyl (C=O) groups is 4. The number of aliphatic carboxylic acids is 1. The zero-order valence-electron chi connectivity index (χ0n) is 13.8. The first-order valence-corrected chi connectivity index (χ1v) is 7.81. The molecular weight excluding hydrogens is 318 g/mol. The maximum Gasteiger partial charge on any atom is 0.322 e. The van der Waals surface area contributed by atoms with Crippen LogP contribution in [0.4, 0.5) is 0 Å². The molecule has 10 nitrogen and oxygen atoms in total. The van der Waals surface area contributed by atoms with Crippen molar-refractivity contribution in [1.82, 2.24) is 16.0 Å². The van der Waals surface area contributed by atoms with Gasteiger partial charge in [-0.1, -0.05) is 0 Å². The van der Waals surface area contributed by atoms with Crippen LogP contribution < -0.4 is 27.4 Å². The third kappa shape index (κ3) is 9.74. The smallest absolute Gasteiger partial charge is 0.322 e. The lowest BCUT2D eigenvalue weighted by Crippen LogP contribution is -2.53. The Kier molecular flexibility index (Phi) is 11.1. The molecule has 24 heavy (non-hydrogen) atoms. The second-order valence-electron chi connectivity index (χ2n) is 5.29. The normalized spacial score (nSPS) is 12.8. The van der Waals surface area contributed by atoms with E-state index in [-0.39, 0.29) is 18.9 Å². The number of carboxylic acids is 1. The van der Waals surface area contributed by atoms with Crippen molar-refractivity contribution >= 4 is 23.7 Å². The minimum Gasteiger partial charge on any atom is -0.480 e. The van der Waals surface area contributed by atoms with Gasteiger partial charge in [-0.15, -0.1) is 0 Å². The van der Waals surface area contributed by atoms with Crippen molar-refractivity contribution in [2.24, 2.45) is 11.5 Å². The average molecular weight is 345 g/mol. The maximum absolute atomic E-state index is 12.1. The van der Waals surface area contributed by atoms with Crippen molar-refractivity contribution in [3.05, 3.63) is 0 Å². The highest BCUT2D eigenvalue weighted by Gasteiger charge is 2.24. The first-order valence-electron chi connectivity index (χ1n) is 7.81. The molecule has 0 aliphatic rings. The van der Waals surface area contributed by atoms with Gasteiger partial charge in [-0.3, -0.25) is 19.2 Å². The minimum atomic E-state index is -1.18. The number of hydrogen-bond acceptors (Lipinski definition) is 6. The number of nitrogens with one attached hydrogen (secondary N) is 3. The second-order valence-corrected chi connectivity index (χ2v) is 5.29. The van der Waals surface area contributed by atoms with Crippen molar-refractivity contribution in [3.63, 3.8) is 0 Å². The zero-order valence-corrected chi connectivity index (χ0v) is 13.8. The van der Waals surface area contributed by atoms with Gasteiger partial charge in [0, 0.05) is 13.0 Å². The molecule has 0 aromatic heterocycles. The van der Waals surface area contributed by atoms with Crippen LogP contribution in [0.2, 0.25) is 0 Å². The van der Waals surface area contributed by atoms with E-state index < -0.39 is 36.4 Å². The maximum atomic E-state index is 12.1. The predicted octanol–water partition coefficient (Wildman–Crippen LogP) is -2.35. The molecule has 0 saturated heterocycles. The van der Waals surface area contributed by atoms with Crippen LogP contribution in [0.1, 0.15) is 32.6 Å². The van der Waals surface area contributed by atoms with Gasteiger partial charge in [0.15, 0.2) is 0 Å². The molecule has 8 N–H and O–H groups in total. The van der Waals surface area contributed by atoms with Gasteiger partial charge in [-0.25, -0.2) is 0 Å². The Labute approximate surface area is 140 Å². The van der Waals surface area contributed by atoms with E-state index in [2.05, 4.69) is 16.0 Å². The summed E-state index contributed by atoms with van der Waals surface area (Å²) in [6.07, 6.45) is 1.67. The summed E-state index contributed by atoms with van der Waals surface area (Å²) in [7, 11) is 0. The second kappa shape index (κ2) is 12.3. The van der Waals surface area contributed by atoms with Crippen LogP contribution in [0.15, 0.2) is 0 Å². The summed E-state index contributed by atoms with van der Waals surface area (Å²) in [6.45, 7) is 1.56. The van der Waals surface area contributed by atoms with Crippen LogP contribution in [-0.2, 0) is 19.2 Å². The number of hydrogen-bond donors (Lipinski definition) is 6. The summed E-state index contributed by atoms with van der Waals surface area (Å²) in [6, 6.07) is -1.73. The fourth-order valence-corrected chi connectivity index (χ4v) is 1.85. The fourth-order valence-electron chi connectivity index (χ4n) is 1.85. The van der Waals surface area contributed by atoms with Crippen LogP contribution in [0.25, 0.3) is 0 Å². The Bertz CT molecular complexity index is 443. The van der Waals surface area contributed by atoms with E-state index in [1.807, 2.05) is 0 Å². The summed E-state index contributed by atoms with van der Waals surface area (Å²) in [5.41, 5.74) is 10.7. The highest BCUT2D eigenvalue weighted by atomic mass is 16.4. The Morgan fingerprint density at radius 2 is 1.67 bits per heavy atom. The molecule has 10 heteroatoms. The number of unbranched alkanes of at least 4 members (excludes halogenated alkanes) is 1. The zero-order chi connectivity index (χ0) is 18.5. The van der Waals surface area contributed by atoms with Crippen LogP contribution in [-0.4, -0.2) is 60.5 Å². The molecule has 0 radical (unpaired) electrons. The Hall–Kier alpha value is -2.20. The van der Waals surface area contributed by atoms with E-state index in [1.54, 1.807) is 0 Å². The summed E-state index contributed by atoms with van der Waals surface area (Å²) < 4.78 is 0. The molecule has 0 saturated carbocycles. The van der Waals surface area contributed by atoms with Gasteiger partial charge >= 0.3 is 5.97 Å². The van der Waals surface area contributed by atoms with Crippen molar-refractivity contribution < 1.29 is 24.3 Å². The van der Waals surface area contributed by atoms with Crippen LogP contribution >= 0.6 is 0 Å². The SMILES string of the molecule is CC(NC(=O)CCN)C(=O)NC(CCCCN)C(=O)NCC(=O)O. The van der Waals surface area contributed by atoms with Crippen LogP contribution in [0, 0.1) is 0 Å². The molecule has 0 fully saturated rings. The van der Waals surface area contributed by atoms with E-state index in [4.69, 9.17) is 16.6 Å². The highest BCUT2D eigenvalue weighted by molar-refractivity contribution is 5.92. The van der Waals surface area contributed by atoms with Gasteiger partial charge in [0.2, 0.25) is 17.7 Å². The number of carboxylic acid groups (broad SMARTS) is 1. The largest absolute Gasteiger partial charge is 0.480 e. The van der Waals surface area contributed by atoms with Crippen molar-refractivity contribution in [2.45, 2.75) is 44.7 Å². The number of nitrogens with two attached hydrogens (primary N) is 2. The molecule has 3 amide bonds. The fraction of sp³-hybridized carbons (Fsp3) is 0.714. The molecular formula is C14H27N5O5. The molecule has 0 spiro atoms. The molecule has 0 aromatic rings. The van der Waals surface area contributed by atoms with Gasteiger partial charge in [-0.05, 0) is 32.7 Å². The van der Waals surface area contributed by atoms with Gasteiger partial charge in [-0.2, -0.15) is 0 Å². The molecule has 0 aliphatic carbocycles. The Morgan fingerprint density at radius 1 is 1.00 bits per heavy atom. The van der Waals surface area contributed by atoms with Gasteiger partial charge < -0.3 is 32.5 Å². The van der Waals surface area contributed by atoms with Crippen molar-refractivity contribution in [2.75, 3.05) is 19.6 Å². The van der Waals surface area contributed by atoms with Crippen LogP contribution in [0.3, 0.4) is 0 Å². The Morgan fingerprint density at radius 3 is 2.21 bits per heavy atom. The lowest BCUT2D eigenvalue weighted by atomic mass is 10.1. The third-order valence-corrected chi connectivity index (χ3v) is 3.14.